The Labute approximate surface area is 225 Å². The SMILES string of the molecule is C=C[C@]1(C)C[C@@H](OC(=O)NC(=O)O)[C@]2(C)[C@H](C)CC[C@]3(CCC(=O)[C@H]32)[C@@H](C)[C@@H]1O.O=C(O)C(O)C(O)C(=O)O. The predicted molar refractivity (Wildman–Crippen MR) is 133 cm³/mol. The maximum absolute atomic E-state index is 13.2. The highest BCUT2D eigenvalue weighted by Gasteiger charge is 2.68. The van der Waals surface area contributed by atoms with E-state index in [1.54, 1.807) is 11.4 Å². The minimum absolute atomic E-state index is 0.0989. The molecule has 10 atom stereocenters. The van der Waals surface area contributed by atoms with Gasteiger partial charge in [0.1, 0.15) is 11.9 Å². The average molecular weight is 558 g/mol. The number of carbonyl (C=O) groups is 5. The molecule has 0 aromatic heterocycles. The Morgan fingerprint density at radius 1 is 1.05 bits per heavy atom. The van der Waals surface area contributed by atoms with Gasteiger partial charge in [-0.2, -0.15) is 0 Å². The summed E-state index contributed by atoms with van der Waals surface area (Å²) in [5.74, 6) is -3.72. The lowest BCUT2D eigenvalue weighted by Gasteiger charge is -2.61. The van der Waals surface area contributed by atoms with Crippen LogP contribution in [0.4, 0.5) is 9.59 Å². The zero-order valence-electron chi connectivity index (χ0n) is 22.5. The second-order valence-electron chi connectivity index (χ2n) is 11.5. The number of nitrogens with one attached hydrogen (secondary N) is 1. The van der Waals surface area contributed by atoms with Crippen molar-refractivity contribution in [3.63, 3.8) is 0 Å². The summed E-state index contributed by atoms with van der Waals surface area (Å²) < 4.78 is 5.69. The molecule has 220 valence electrons. The van der Waals surface area contributed by atoms with Gasteiger partial charge in [0.15, 0.2) is 12.2 Å². The zero-order valence-corrected chi connectivity index (χ0v) is 22.5. The topological polar surface area (TPSA) is 228 Å². The van der Waals surface area contributed by atoms with Gasteiger partial charge in [0, 0.05) is 23.2 Å². The number of aliphatic hydroxyl groups excluding tert-OH is 3. The van der Waals surface area contributed by atoms with Gasteiger partial charge in [-0.1, -0.05) is 33.8 Å². The maximum Gasteiger partial charge on any atom is 0.416 e. The van der Waals surface area contributed by atoms with Gasteiger partial charge in [-0.25, -0.2) is 24.5 Å². The minimum Gasteiger partial charge on any atom is -0.479 e. The van der Waals surface area contributed by atoms with E-state index in [0.29, 0.717) is 6.42 Å². The average Bonchev–Trinajstić information content (AvgIpc) is 3.21. The number of carbonyl (C=O) groups excluding carboxylic acids is 2. The summed E-state index contributed by atoms with van der Waals surface area (Å²) in [4.78, 5) is 55.9. The fourth-order valence-corrected chi connectivity index (χ4v) is 7.02. The number of amides is 2. The number of alkyl carbamates (subject to hydrolysis) is 1. The van der Waals surface area contributed by atoms with Crippen molar-refractivity contribution in [3.05, 3.63) is 12.7 Å². The number of Topliss-reactive ketones (excluding diaryl/α,β-unsaturated/α-hetero) is 1. The standard InChI is InChI=1S/C22H33NO6.C4H6O6/c1-6-20(4)11-15(29-19(28)23-18(26)27)21(5)12(2)7-9-22(13(3)17(20)25)10-8-14(24)16(21)22;5-1(3(7)8)2(6)4(9)10/h6,12-13,15-17,25H,1,7-11H2,2-5H3,(H,23,28)(H,26,27);1-2,5-6H,(H,7,8)(H,9,10)/t12-,13+,15-,16+,17+,20-,21+,22+;/m1./s1. The predicted octanol–water partition coefficient (Wildman–Crippen LogP) is 1.63. The molecule has 7 N–H and O–H groups in total. The normalized spacial score (nSPS) is 38.8. The molecule has 13 nitrogen and oxygen atoms in total. The fraction of sp³-hybridized carbons (Fsp3) is 0.731. The van der Waals surface area contributed by atoms with Crippen molar-refractivity contribution in [2.45, 2.75) is 84.2 Å². The Hall–Kier alpha value is -3.03. The first-order chi connectivity index (χ1) is 17.9. The summed E-state index contributed by atoms with van der Waals surface area (Å²) in [6.45, 7) is 11.9. The number of hydrogen-bond donors (Lipinski definition) is 7. The fourth-order valence-electron chi connectivity index (χ4n) is 7.02. The Morgan fingerprint density at radius 2 is 1.59 bits per heavy atom. The first-order valence-corrected chi connectivity index (χ1v) is 12.8. The van der Waals surface area contributed by atoms with E-state index in [1.165, 1.54) is 0 Å². The number of carboxylic acids is 2. The third-order valence-electron chi connectivity index (χ3n) is 9.57. The van der Waals surface area contributed by atoms with Crippen molar-refractivity contribution in [2.75, 3.05) is 0 Å². The Bertz CT molecular complexity index is 997. The van der Waals surface area contributed by atoms with Gasteiger partial charge >= 0.3 is 24.1 Å². The van der Waals surface area contributed by atoms with Gasteiger partial charge < -0.3 is 35.4 Å². The van der Waals surface area contributed by atoms with Gasteiger partial charge in [-0.15, -0.1) is 6.58 Å². The lowest BCUT2D eigenvalue weighted by molar-refractivity contribution is -0.191. The first-order valence-electron chi connectivity index (χ1n) is 12.8. The molecule has 13 heteroatoms. The first kappa shape index (κ1) is 32.2. The smallest absolute Gasteiger partial charge is 0.416 e. The van der Waals surface area contributed by atoms with E-state index in [-0.39, 0.29) is 35.4 Å². The van der Waals surface area contributed by atoms with Crippen molar-refractivity contribution in [2.24, 2.45) is 34.0 Å². The van der Waals surface area contributed by atoms with E-state index < -0.39 is 59.4 Å². The zero-order chi connectivity index (χ0) is 30.1. The quantitative estimate of drug-likeness (QED) is 0.239. The van der Waals surface area contributed by atoms with Crippen LogP contribution in [0.3, 0.4) is 0 Å². The Morgan fingerprint density at radius 3 is 2.05 bits per heavy atom. The number of aliphatic hydroxyl groups is 3. The molecule has 0 aromatic carbocycles. The summed E-state index contributed by atoms with van der Waals surface area (Å²) in [5, 5.41) is 54.5. The highest BCUT2D eigenvalue weighted by atomic mass is 16.6. The van der Waals surface area contributed by atoms with Crippen molar-refractivity contribution in [1.82, 2.24) is 5.32 Å². The van der Waals surface area contributed by atoms with Gasteiger partial charge in [-0.3, -0.25) is 4.79 Å². The summed E-state index contributed by atoms with van der Waals surface area (Å²) in [6, 6.07) is 0. The second-order valence-corrected chi connectivity index (χ2v) is 11.5. The molecule has 3 fully saturated rings. The number of carboxylic acid groups (broad SMARTS) is 3. The molecule has 3 aliphatic carbocycles. The maximum atomic E-state index is 13.2. The molecule has 39 heavy (non-hydrogen) atoms. The molecule has 3 rings (SSSR count). The number of hydrogen-bond acceptors (Lipinski definition) is 9. The number of ketones is 1. The van der Waals surface area contributed by atoms with Gasteiger partial charge in [0.05, 0.1) is 6.10 Å². The lowest BCUT2D eigenvalue weighted by Crippen LogP contribution is -2.63. The van der Waals surface area contributed by atoms with E-state index >= 15 is 0 Å². The molecule has 0 heterocycles. The summed E-state index contributed by atoms with van der Waals surface area (Å²) in [5.41, 5.74) is -1.75. The van der Waals surface area contributed by atoms with Crippen LogP contribution in [0, 0.1) is 34.0 Å². The molecule has 0 aromatic rings. The molecular weight excluding hydrogens is 518 g/mol. The van der Waals surface area contributed by atoms with Crippen LogP contribution in [-0.4, -0.2) is 85.0 Å². The Balaban J connectivity index is 0.000000455. The van der Waals surface area contributed by atoms with Crippen LogP contribution in [0.2, 0.25) is 0 Å². The van der Waals surface area contributed by atoms with Gasteiger partial charge in [0.2, 0.25) is 0 Å². The minimum atomic E-state index is -2.27. The van der Waals surface area contributed by atoms with E-state index in [0.717, 1.165) is 19.3 Å². The van der Waals surface area contributed by atoms with E-state index in [9.17, 15) is 29.1 Å². The van der Waals surface area contributed by atoms with Crippen LogP contribution in [0.5, 0.6) is 0 Å². The largest absolute Gasteiger partial charge is 0.479 e. The third kappa shape index (κ3) is 5.80. The van der Waals surface area contributed by atoms with Crippen LogP contribution in [-0.2, 0) is 19.1 Å². The van der Waals surface area contributed by atoms with Crippen LogP contribution in [0.15, 0.2) is 12.7 Å². The van der Waals surface area contributed by atoms with Crippen LogP contribution in [0.1, 0.15) is 59.8 Å². The van der Waals surface area contributed by atoms with Crippen molar-refractivity contribution >= 4 is 29.9 Å². The van der Waals surface area contributed by atoms with Crippen molar-refractivity contribution in [1.29, 1.82) is 0 Å². The molecule has 0 radical (unpaired) electrons. The number of rotatable bonds is 5. The molecule has 3 saturated carbocycles. The molecule has 2 amide bonds. The highest BCUT2D eigenvalue weighted by molar-refractivity contribution is 5.87. The summed E-state index contributed by atoms with van der Waals surface area (Å²) in [7, 11) is 0. The van der Waals surface area contributed by atoms with Crippen LogP contribution >= 0.6 is 0 Å². The van der Waals surface area contributed by atoms with Gasteiger partial charge in [0.25, 0.3) is 0 Å². The molecule has 2 unspecified atom stereocenters. The van der Waals surface area contributed by atoms with Gasteiger partial charge in [-0.05, 0) is 42.9 Å². The van der Waals surface area contributed by atoms with E-state index in [1.807, 2.05) is 20.8 Å². The molecule has 0 saturated heterocycles. The lowest BCUT2D eigenvalue weighted by atomic mass is 9.44. The Kier molecular flexibility index (Phi) is 9.58. The second kappa shape index (κ2) is 11.6. The molecule has 0 spiro atoms. The monoisotopic (exact) mass is 557 g/mol. The van der Waals surface area contributed by atoms with Crippen LogP contribution in [0.25, 0.3) is 0 Å². The molecular formula is C26H39NO12. The molecule has 3 aliphatic rings. The number of aliphatic carboxylic acids is 2. The highest BCUT2D eigenvalue weighted by Crippen LogP contribution is 2.67. The summed E-state index contributed by atoms with van der Waals surface area (Å²) in [6.07, 6.45) is -3.68. The molecule has 2 bridgehead atoms. The van der Waals surface area contributed by atoms with Crippen molar-refractivity contribution < 1.29 is 59.3 Å². The number of ether oxygens (including phenoxy) is 1. The van der Waals surface area contributed by atoms with Crippen LogP contribution < -0.4 is 5.32 Å². The van der Waals surface area contributed by atoms with E-state index in [2.05, 4.69) is 13.5 Å². The summed E-state index contributed by atoms with van der Waals surface area (Å²) >= 11 is 0. The number of imide groups is 1. The molecule has 0 aliphatic heterocycles. The van der Waals surface area contributed by atoms with E-state index in [4.69, 9.17) is 30.3 Å². The third-order valence-corrected chi connectivity index (χ3v) is 9.57. The van der Waals surface area contributed by atoms with Crippen molar-refractivity contribution in [3.8, 4) is 0 Å².